The van der Waals surface area contributed by atoms with Crippen LogP contribution in [0.1, 0.15) is 5.69 Å². The highest BCUT2D eigenvalue weighted by atomic mass is 79.9. The van der Waals surface area contributed by atoms with Crippen molar-refractivity contribution in [3.05, 3.63) is 46.0 Å². The summed E-state index contributed by atoms with van der Waals surface area (Å²) < 4.78 is 31.0. The fraction of sp³-hybridized carbons (Fsp3) is 0.188. The number of hydrogen-bond acceptors (Lipinski definition) is 5. The van der Waals surface area contributed by atoms with Crippen LogP contribution in [0.5, 0.6) is 5.75 Å². The van der Waals surface area contributed by atoms with Crippen LogP contribution in [0.3, 0.4) is 0 Å². The SMILES string of the molecule is Cc1nn(CC(=O)Nc2nc(-c3ccc(OC(F)F)cc3)cs2)cc1Br. The fourth-order valence-corrected chi connectivity index (χ4v) is 3.20. The number of alkyl halides is 2. The predicted molar refractivity (Wildman–Crippen MR) is 97.5 cm³/mol. The molecule has 0 saturated heterocycles. The zero-order chi connectivity index (χ0) is 18.7. The summed E-state index contributed by atoms with van der Waals surface area (Å²) in [7, 11) is 0. The molecule has 0 unspecified atom stereocenters. The van der Waals surface area contributed by atoms with Crippen molar-refractivity contribution in [3.63, 3.8) is 0 Å². The van der Waals surface area contributed by atoms with E-state index >= 15 is 0 Å². The maximum Gasteiger partial charge on any atom is 0.387 e. The van der Waals surface area contributed by atoms with Crippen molar-refractivity contribution >= 4 is 38.3 Å². The number of carbonyl (C=O) groups is 1. The van der Waals surface area contributed by atoms with Gasteiger partial charge in [-0.25, -0.2) is 4.98 Å². The number of anilines is 1. The zero-order valence-electron chi connectivity index (χ0n) is 13.4. The Morgan fingerprint density at radius 1 is 1.38 bits per heavy atom. The summed E-state index contributed by atoms with van der Waals surface area (Å²) in [4.78, 5) is 16.4. The Morgan fingerprint density at radius 3 is 2.73 bits per heavy atom. The lowest BCUT2D eigenvalue weighted by atomic mass is 10.2. The van der Waals surface area contributed by atoms with Crippen molar-refractivity contribution in [2.24, 2.45) is 0 Å². The van der Waals surface area contributed by atoms with Gasteiger partial charge in [-0.05, 0) is 47.1 Å². The van der Waals surface area contributed by atoms with Crippen LogP contribution in [0.2, 0.25) is 0 Å². The first-order valence-electron chi connectivity index (χ1n) is 7.41. The number of ether oxygens (including phenoxy) is 1. The van der Waals surface area contributed by atoms with Gasteiger partial charge in [-0.3, -0.25) is 9.48 Å². The lowest BCUT2D eigenvalue weighted by Gasteiger charge is -2.04. The molecule has 0 fully saturated rings. The van der Waals surface area contributed by atoms with Gasteiger partial charge in [0.15, 0.2) is 5.13 Å². The molecule has 0 bridgehead atoms. The summed E-state index contributed by atoms with van der Waals surface area (Å²) in [5.41, 5.74) is 2.16. The Kier molecular flexibility index (Phi) is 5.62. The molecule has 1 aromatic carbocycles. The molecule has 2 aromatic heterocycles. The van der Waals surface area contributed by atoms with E-state index in [4.69, 9.17) is 0 Å². The molecule has 1 N–H and O–H groups in total. The number of aromatic nitrogens is 3. The van der Waals surface area contributed by atoms with Crippen molar-refractivity contribution in [2.45, 2.75) is 20.1 Å². The Hall–Kier alpha value is -2.33. The first-order valence-corrected chi connectivity index (χ1v) is 9.08. The molecule has 26 heavy (non-hydrogen) atoms. The van der Waals surface area contributed by atoms with Crippen molar-refractivity contribution in [3.8, 4) is 17.0 Å². The van der Waals surface area contributed by atoms with E-state index in [2.05, 4.69) is 36.1 Å². The van der Waals surface area contributed by atoms with Crippen LogP contribution in [0, 0.1) is 6.92 Å². The minimum atomic E-state index is -2.86. The second-order valence-corrected chi connectivity index (χ2v) is 6.96. The molecular formula is C16H13BrF2N4O2S. The number of rotatable bonds is 6. The van der Waals surface area contributed by atoms with Gasteiger partial charge in [-0.15, -0.1) is 11.3 Å². The van der Waals surface area contributed by atoms with Gasteiger partial charge in [-0.1, -0.05) is 0 Å². The van der Waals surface area contributed by atoms with E-state index in [9.17, 15) is 13.6 Å². The Balaban J connectivity index is 1.63. The van der Waals surface area contributed by atoms with Crippen molar-refractivity contribution in [1.82, 2.24) is 14.8 Å². The standard InChI is InChI=1S/C16H13BrF2N4O2S/c1-9-12(17)6-23(22-9)7-14(24)21-16-20-13(8-26-16)10-2-4-11(5-3-10)25-15(18)19/h2-6,8,15H,7H2,1H3,(H,20,21,24). The monoisotopic (exact) mass is 442 g/mol. The minimum Gasteiger partial charge on any atom is -0.435 e. The van der Waals surface area contributed by atoms with Gasteiger partial charge < -0.3 is 10.1 Å². The topological polar surface area (TPSA) is 69.0 Å². The van der Waals surface area contributed by atoms with Crippen LogP contribution >= 0.6 is 27.3 Å². The van der Waals surface area contributed by atoms with Crippen LogP contribution in [0.25, 0.3) is 11.3 Å². The largest absolute Gasteiger partial charge is 0.435 e. The number of benzene rings is 1. The van der Waals surface area contributed by atoms with Gasteiger partial charge in [0.25, 0.3) is 0 Å². The van der Waals surface area contributed by atoms with Gasteiger partial charge in [-0.2, -0.15) is 13.9 Å². The quantitative estimate of drug-likeness (QED) is 0.617. The maximum absolute atomic E-state index is 12.2. The number of aryl methyl sites for hydroxylation is 1. The van der Waals surface area contributed by atoms with E-state index in [1.165, 1.54) is 28.2 Å². The highest BCUT2D eigenvalue weighted by molar-refractivity contribution is 9.10. The van der Waals surface area contributed by atoms with Gasteiger partial charge in [0, 0.05) is 17.1 Å². The molecule has 3 rings (SSSR count). The first kappa shape index (κ1) is 18.5. The van der Waals surface area contributed by atoms with E-state index in [1.807, 2.05) is 6.92 Å². The van der Waals surface area contributed by atoms with E-state index < -0.39 is 6.61 Å². The number of hydrogen-bond donors (Lipinski definition) is 1. The van der Waals surface area contributed by atoms with Crippen LogP contribution < -0.4 is 10.1 Å². The average molecular weight is 443 g/mol. The van der Waals surface area contributed by atoms with E-state index in [0.29, 0.717) is 10.8 Å². The van der Waals surface area contributed by atoms with E-state index in [1.54, 1.807) is 23.7 Å². The lowest BCUT2D eigenvalue weighted by molar-refractivity contribution is -0.116. The van der Waals surface area contributed by atoms with Gasteiger partial charge >= 0.3 is 6.61 Å². The summed E-state index contributed by atoms with van der Waals surface area (Å²) in [6.45, 7) is -0.953. The molecule has 0 aliphatic carbocycles. The number of thiazole rings is 1. The molecule has 0 aliphatic rings. The third-order valence-corrected chi connectivity index (χ3v) is 4.85. The molecule has 0 radical (unpaired) electrons. The maximum atomic E-state index is 12.2. The summed E-state index contributed by atoms with van der Waals surface area (Å²) in [5.74, 6) is -0.172. The van der Waals surface area contributed by atoms with E-state index in [0.717, 1.165) is 15.7 Å². The molecule has 0 saturated carbocycles. The van der Waals surface area contributed by atoms with Crippen molar-refractivity contribution in [2.75, 3.05) is 5.32 Å². The first-order chi connectivity index (χ1) is 12.4. The number of nitrogens with one attached hydrogen (secondary N) is 1. The molecule has 0 spiro atoms. The summed E-state index contributed by atoms with van der Waals surface area (Å²) in [6, 6.07) is 6.14. The van der Waals surface area contributed by atoms with Crippen molar-refractivity contribution in [1.29, 1.82) is 0 Å². The molecule has 0 atom stereocenters. The molecule has 3 aromatic rings. The molecular weight excluding hydrogens is 430 g/mol. The molecule has 0 aliphatic heterocycles. The van der Waals surface area contributed by atoms with Gasteiger partial charge in [0.2, 0.25) is 5.91 Å². The number of halogens is 3. The van der Waals surface area contributed by atoms with Gasteiger partial charge in [0.05, 0.1) is 15.9 Å². The average Bonchev–Trinajstić information content (AvgIpc) is 3.14. The Bertz CT molecular complexity index is 892. The zero-order valence-corrected chi connectivity index (χ0v) is 15.9. The van der Waals surface area contributed by atoms with Crippen LogP contribution in [0.4, 0.5) is 13.9 Å². The second-order valence-electron chi connectivity index (χ2n) is 5.25. The number of carbonyl (C=O) groups excluding carboxylic acids is 1. The van der Waals surface area contributed by atoms with E-state index in [-0.39, 0.29) is 18.2 Å². The van der Waals surface area contributed by atoms with Gasteiger partial charge in [0.1, 0.15) is 12.3 Å². The van der Waals surface area contributed by atoms with Crippen LogP contribution in [-0.4, -0.2) is 27.3 Å². The summed E-state index contributed by atoms with van der Waals surface area (Å²) in [6.07, 6.45) is 1.73. The predicted octanol–water partition coefficient (Wildman–Crippen LogP) is 4.32. The normalized spacial score (nSPS) is 11.0. The Labute approximate surface area is 159 Å². The summed E-state index contributed by atoms with van der Waals surface area (Å²) in [5, 5.41) is 9.13. The number of amides is 1. The highest BCUT2D eigenvalue weighted by Crippen LogP contribution is 2.27. The third-order valence-electron chi connectivity index (χ3n) is 3.32. The van der Waals surface area contributed by atoms with Crippen LogP contribution in [0.15, 0.2) is 40.3 Å². The summed E-state index contributed by atoms with van der Waals surface area (Å²) >= 11 is 4.62. The smallest absolute Gasteiger partial charge is 0.387 e. The number of nitrogens with zero attached hydrogens (tertiary/aromatic N) is 3. The molecule has 6 nitrogen and oxygen atoms in total. The Morgan fingerprint density at radius 2 is 2.12 bits per heavy atom. The molecule has 136 valence electrons. The fourth-order valence-electron chi connectivity index (χ4n) is 2.15. The third kappa shape index (κ3) is 4.64. The molecule has 10 heteroatoms. The second kappa shape index (κ2) is 7.92. The minimum absolute atomic E-state index is 0.0705. The van der Waals surface area contributed by atoms with Crippen molar-refractivity contribution < 1.29 is 18.3 Å². The lowest BCUT2D eigenvalue weighted by Crippen LogP contribution is -2.19. The van der Waals surface area contributed by atoms with Crippen LogP contribution in [-0.2, 0) is 11.3 Å². The molecule has 2 heterocycles. The molecule has 1 amide bonds. The highest BCUT2D eigenvalue weighted by Gasteiger charge is 2.11.